The zero-order valence-corrected chi connectivity index (χ0v) is 12.5. The van der Waals surface area contributed by atoms with E-state index in [9.17, 15) is 10.2 Å². The van der Waals surface area contributed by atoms with E-state index in [0.29, 0.717) is 23.3 Å². The van der Waals surface area contributed by atoms with Crippen molar-refractivity contribution >= 4 is 10.8 Å². The summed E-state index contributed by atoms with van der Waals surface area (Å²) in [5.41, 5.74) is 3.34. The van der Waals surface area contributed by atoms with Gasteiger partial charge in [0.25, 0.3) is 0 Å². The lowest BCUT2D eigenvalue weighted by Crippen LogP contribution is -2.00. The Bertz CT molecular complexity index is 717. The van der Waals surface area contributed by atoms with Crippen molar-refractivity contribution in [1.29, 1.82) is 0 Å². The van der Waals surface area contributed by atoms with Crippen molar-refractivity contribution in [3.63, 3.8) is 0 Å². The molecule has 0 saturated heterocycles. The molecule has 21 heavy (non-hydrogen) atoms. The first kappa shape index (κ1) is 13.0. The minimum atomic E-state index is 0.423. The highest BCUT2D eigenvalue weighted by atomic mass is 16.3. The van der Waals surface area contributed by atoms with Crippen molar-refractivity contribution in [2.24, 2.45) is 0 Å². The van der Waals surface area contributed by atoms with Gasteiger partial charge >= 0.3 is 0 Å². The second-order valence-electron chi connectivity index (χ2n) is 6.71. The van der Waals surface area contributed by atoms with E-state index in [4.69, 9.17) is 0 Å². The van der Waals surface area contributed by atoms with Crippen LogP contribution in [0.15, 0.2) is 18.2 Å². The molecule has 2 aromatic carbocycles. The Kier molecular flexibility index (Phi) is 2.88. The van der Waals surface area contributed by atoms with E-state index in [1.54, 1.807) is 0 Å². The van der Waals surface area contributed by atoms with Crippen LogP contribution < -0.4 is 0 Å². The maximum absolute atomic E-state index is 10.8. The van der Waals surface area contributed by atoms with Gasteiger partial charge in [0, 0.05) is 21.9 Å². The van der Waals surface area contributed by atoms with E-state index in [0.717, 1.165) is 54.0 Å². The Balaban J connectivity index is 1.92. The van der Waals surface area contributed by atoms with Gasteiger partial charge in [-0.2, -0.15) is 0 Å². The van der Waals surface area contributed by atoms with Crippen molar-refractivity contribution in [3.8, 4) is 11.5 Å². The number of aryl methyl sites for hydroxylation is 1. The summed E-state index contributed by atoms with van der Waals surface area (Å²) in [4.78, 5) is 0. The highest BCUT2D eigenvalue weighted by molar-refractivity contribution is 5.97. The minimum Gasteiger partial charge on any atom is -0.507 e. The molecule has 1 saturated carbocycles. The third-order valence-electron chi connectivity index (χ3n) is 5.46. The number of hydrogen-bond donors (Lipinski definition) is 2. The molecule has 2 aliphatic rings. The third-order valence-corrected chi connectivity index (χ3v) is 5.46. The highest BCUT2D eigenvalue weighted by Gasteiger charge is 2.41. The van der Waals surface area contributed by atoms with Crippen LogP contribution in [0.25, 0.3) is 10.8 Å². The van der Waals surface area contributed by atoms with Gasteiger partial charge in [0.05, 0.1) is 0 Å². The molecule has 4 rings (SSSR count). The average molecular weight is 282 g/mol. The zero-order valence-electron chi connectivity index (χ0n) is 12.5. The predicted octanol–water partition coefficient (Wildman–Crippen LogP) is 4.96. The lowest BCUT2D eigenvalue weighted by Gasteiger charge is -2.20. The standard InChI is InChI=1S/C19H22O2/c1-2-3-4-11-5-8-14-15(9-11)19(21)17-13-7-6-12(10-13)16(17)18(14)20/h5,8-9,12-13,20-21H,2-4,6-7,10H2,1H3. The van der Waals surface area contributed by atoms with Crippen LogP contribution in [0, 0.1) is 0 Å². The second-order valence-corrected chi connectivity index (χ2v) is 6.71. The van der Waals surface area contributed by atoms with Crippen molar-refractivity contribution < 1.29 is 10.2 Å². The number of aromatic hydroxyl groups is 2. The van der Waals surface area contributed by atoms with Gasteiger partial charge in [-0.25, -0.2) is 0 Å². The number of rotatable bonds is 3. The number of phenols is 2. The fourth-order valence-corrected chi connectivity index (χ4v) is 4.41. The number of phenolic OH excluding ortho intramolecular Hbond substituents is 2. The van der Waals surface area contributed by atoms with Crippen LogP contribution in [-0.4, -0.2) is 10.2 Å². The molecule has 2 unspecified atom stereocenters. The van der Waals surface area contributed by atoms with E-state index in [2.05, 4.69) is 19.1 Å². The van der Waals surface area contributed by atoms with E-state index < -0.39 is 0 Å². The molecule has 110 valence electrons. The summed E-state index contributed by atoms with van der Waals surface area (Å²) in [7, 11) is 0. The zero-order chi connectivity index (χ0) is 14.6. The van der Waals surface area contributed by atoms with Gasteiger partial charge < -0.3 is 10.2 Å². The predicted molar refractivity (Wildman–Crippen MR) is 85.2 cm³/mol. The SMILES string of the molecule is CCCCc1ccc2c(O)c3c(c(O)c2c1)C1CCC3C1. The van der Waals surface area contributed by atoms with E-state index >= 15 is 0 Å². The number of unbranched alkanes of at least 4 members (excludes halogenated alkanes) is 1. The number of fused-ring (bicyclic) bond motifs is 6. The lowest BCUT2D eigenvalue weighted by molar-refractivity contribution is 0.451. The molecule has 0 aliphatic heterocycles. The Morgan fingerprint density at radius 2 is 1.67 bits per heavy atom. The lowest BCUT2D eigenvalue weighted by atomic mass is 9.86. The van der Waals surface area contributed by atoms with Gasteiger partial charge in [0.2, 0.25) is 0 Å². The van der Waals surface area contributed by atoms with Crippen LogP contribution >= 0.6 is 0 Å². The molecule has 0 radical (unpaired) electrons. The summed E-state index contributed by atoms with van der Waals surface area (Å²) in [6.45, 7) is 2.19. The van der Waals surface area contributed by atoms with Crippen molar-refractivity contribution in [2.75, 3.05) is 0 Å². The molecule has 0 amide bonds. The maximum atomic E-state index is 10.8. The fourth-order valence-electron chi connectivity index (χ4n) is 4.41. The highest BCUT2D eigenvalue weighted by Crippen LogP contribution is 2.60. The quantitative estimate of drug-likeness (QED) is 0.781. The van der Waals surface area contributed by atoms with Crippen LogP contribution in [-0.2, 0) is 6.42 Å². The smallest absolute Gasteiger partial charge is 0.127 e. The molecule has 2 bridgehead atoms. The number of benzene rings is 2. The van der Waals surface area contributed by atoms with Crippen LogP contribution in [0.2, 0.25) is 0 Å². The van der Waals surface area contributed by atoms with Crippen LogP contribution in [0.3, 0.4) is 0 Å². The maximum Gasteiger partial charge on any atom is 0.127 e. The molecular weight excluding hydrogens is 260 g/mol. The van der Waals surface area contributed by atoms with Crippen molar-refractivity contribution in [1.82, 2.24) is 0 Å². The molecule has 2 aromatic rings. The summed E-state index contributed by atoms with van der Waals surface area (Å²) in [5.74, 6) is 1.77. The number of hydrogen-bond acceptors (Lipinski definition) is 2. The van der Waals surface area contributed by atoms with Crippen LogP contribution in [0.4, 0.5) is 0 Å². The van der Waals surface area contributed by atoms with E-state index in [1.807, 2.05) is 6.07 Å². The average Bonchev–Trinajstić information content (AvgIpc) is 3.11. The molecule has 2 atom stereocenters. The second kappa shape index (κ2) is 4.66. The van der Waals surface area contributed by atoms with Crippen molar-refractivity contribution in [2.45, 2.75) is 57.3 Å². The van der Waals surface area contributed by atoms with E-state index in [-0.39, 0.29) is 0 Å². The van der Waals surface area contributed by atoms with Crippen LogP contribution in [0.5, 0.6) is 11.5 Å². The van der Waals surface area contributed by atoms with Crippen LogP contribution in [0.1, 0.15) is 67.6 Å². The molecule has 1 fully saturated rings. The molecule has 2 heteroatoms. The Morgan fingerprint density at radius 1 is 1.00 bits per heavy atom. The minimum absolute atomic E-state index is 0.423. The third kappa shape index (κ3) is 1.78. The van der Waals surface area contributed by atoms with Crippen molar-refractivity contribution in [3.05, 3.63) is 34.9 Å². The van der Waals surface area contributed by atoms with E-state index in [1.165, 1.54) is 12.0 Å². The summed E-state index contributed by atoms with van der Waals surface area (Å²) in [6.07, 6.45) is 6.79. The molecule has 0 heterocycles. The summed E-state index contributed by atoms with van der Waals surface area (Å²) < 4.78 is 0. The molecule has 0 aromatic heterocycles. The topological polar surface area (TPSA) is 40.5 Å². The first-order valence-electron chi connectivity index (χ1n) is 8.21. The van der Waals surface area contributed by atoms with Gasteiger partial charge in [0.15, 0.2) is 0 Å². The molecule has 2 aliphatic carbocycles. The Hall–Kier alpha value is -1.70. The van der Waals surface area contributed by atoms with Gasteiger partial charge in [-0.05, 0) is 55.6 Å². The largest absolute Gasteiger partial charge is 0.507 e. The normalized spacial score (nSPS) is 22.9. The van der Waals surface area contributed by atoms with Gasteiger partial charge in [-0.15, -0.1) is 0 Å². The van der Waals surface area contributed by atoms with Gasteiger partial charge in [0.1, 0.15) is 11.5 Å². The molecular formula is C19H22O2. The Labute approximate surface area is 125 Å². The first-order chi connectivity index (χ1) is 10.2. The molecule has 2 nitrogen and oxygen atoms in total. The molecule has 0 spiro atoms. The monoisotopic (exact) mass is 282 g/mol. The summed E-state index contributed by atoms with van der Waals surface area (Å²) in [5, 5.41) is 23.1. The fraction of sp³-hybridized carbons (Fsp3) is 0.474. The summed E-state index contributed by atoms with van der Waals surface area (Å²) in [6, 6.07) is 6.16. The summed E-state index contributed by atoms with van der Waals surface area (Å²) >= 11 is 0. The van der Waals surface area contributed by atoms with Gasteiger partial charge in [-0.3, -0.25) is 0 Å². The molecule has 2 N–H and O–H groups in total. The first-order valence-corrected chi connectivity index (χ1v) is 8.21. The van der Waals surface area contributed by atoms with Gasteiger partial charge in [-0.1, -0.05) is 25.5 Å². The Morgan fingerprint density at radius 3 is 2.33 bits per heavy atom.